The molecule has 1 aromatic heterocycles. The number of nitriles is 1. The first-order valence-corrected chi connectivity index (χ1v) is 5.16. The molecule has 18 heavy (non-hydrogen) atoms. The van der Waals surface area contributed by atoms with Crippen LogP contribution < -0.4 is 5.32 Å². The highest BCUT2D eigenvalue weighted by Gasteiger charge is 2.09. The molecule has 0 aliphatic rings. The molecule has 0 bridgehead atoms. The van der Waals surface area contributed by atoms with E-state index in [2.05, 4.69) is 10.3 Å². The van der Waals surface area contributed by atoms with E-state index in [0.29, 0.717) is 11.1 Å². The molecule has 2 N–H and O–H groups in total. The number of carbonyl (C=O) groups is 1. The van der Waals surface area contributed by atoms with Crippen LogP contribution in [0.5, 0.6) is 5.75 Å². The minimum absolute atomic E-state index is 0.0977. The number of benzene rings is 1. The molecule has 0 radical (unpaired) electrons. The van der Waals surface area contributed by atoms with Crippen molar-refractivity contribution in [2.24, 2.45) is 0 Å². The topological polar surface area (TPSA) is 86.0 Å². The normalized spacial score (nSPS) is 9.50. The number of amides is 1. The van der Waals surface area contributed by atoms with E-state index in [1.165, 1.54) is 24.4 Å². The number of aromatic hydroxyl groups is 1. The van der Waals surface area contributed by atoms with E-state index >= 15 is 0 Å². The molecule has 0 spiro atoms. The first-order valence-electron chi connectivity index (χ1n) is 5.16. The van der Waals surface area contributed by atoms with Crippen molar-refractivity contribution in [3.8, 4) is 11.8 Å². The van der Waals surface area contributed by atoms with Gasteiger partial charge in [0.25, 0.3) is 5.91 Å². The van der Waals surface area contributed by atoms with Gasteiger partial charge in [0.05, 0.1) is 11.6 Å². The van der Waals surface area contributed by atoms with Crippen molar-refractivity contribution in [2.75, 3.05) is 5.32 Å². The first-order chi connectivity index (χ1) is 8.70. The van der Waals surface area contributed by atoms with Gasteiger partial charge in [-0.2, -0.15) is 5.26 Å². The van der Waals surface area contributed by atoms with Crippen LogP contribution in [0.25, 0.3) is 0 Å². The maximum Gasteiger partial charge on any atom is 0.256 e. The Hall–Kier alpha value is -2.87. The Morgan fingerprint density at radius 3 is 2.61 bits per heavy atom. The van der Waals surface area contributed by atoms with Crippen molar-refractivity contribution < 1.29 is 9.90 Å². The Bertz CT molecular complexity index is 615. The summed E-state index contributed by atoms with van der Waals surface area (Å²) < 4.78 is 0. The first kappa shape index (κ1) is 11.6. The summed E-state index contributed by atoms with van der Waals surface area (Å²) in [6, 6.07) is 11.1. The van der Waals surface area contributed by atoms with Gasteiger partial charge in [-0.3, -0.25) is 4.79 Å². The second kappa shape index (κ2) is 4.97. The second-order valence-electron chi connectivity index (χ2n) is 3.51. The van der Waals surface area contributed by atoms with Gasteiger partial charge < -0.3 is 10.4 Å². The Kier molecular flexibility index (Phi) is 3.21. The van der Waals surface area contributed by atoms with E-state index in [9.17, 15) is 9.90 Å². The van der Waals surface area contributed by atoms with Gasteiger partial charge in [0.15, 0.2) is 11.6 Å². The zero-order valence-corrected chi connectivity index (χ0v) is 9.29. The summed E-state index contributed by atoms with van der Waals surface area (Å²) in [6.07, 6.45) is 1.47. The third kappa shape index (κ3) is 2.44. The minimum atomic E-state index is -0.395. The zero-order valence-electron chi connectivity index (χ0n) is 9.29. The molecule has 0 aliphatic heterocycles. The third-order valence-corrected chi connectivity index (χ3v) is 2.29. The molecule has 0 fully saturated rings. The molecule has 0 unspecified atom stereocenters. The quantitative estimate of drug-likeness (QED) is 0.838. The highest BCUT2D eigenvalue weighted by Crippen LogP contribution is 2.19. The maximum absolute atomic E-state index is 11.8. The molecule has 0 aliphatic carbocycles. The molecule has 1 heterocycles. The number of carbonyl (C=O) groups excluding carboxylic acids is 1. The molecule has 88 valence electrons. The number of nitrogens with one attached hydrogen (secondary N) is 1. The number of aromatic nitrogens is 1. The second-order valence-corrected chi connectivity index (χ2v) is 3.51. The molecule has 5 nitrogen and oxygen atoms in total. The third-order valence-electron chi connectivity index (χ3n) is 2.29. The molecular formula is C13H9N3O2. The van der Waals surface area contributed by atoms with E-state index in [0.717, 1.165) is 0 Å². The monoisotopic (exact) mass is 239 g/mol. The van der Waals surface area contributed by atoms with Crippen molar-refractivity contribution in [1.29, 1.82) is 5.26 Å². The van der Waals surface area contributed by atoms with Crippen LogP contribution >= 0.6 is 0 Å². The van der Waals surface area contributed by atoms with E-state index in [4.69, 9.17) is 5.26 Å². The van der Waals surface area contributed by atoms with Gasteiger partial charge in [0.2, 0.25) is 0 Å². The summed E-state index contributed by atoms with van der Waals surface area (Å²) in [5, 5.41) is 20.6. The fraction of sp³-hybridized carbons (Fsp3) is 0. The van der Waals surface area contributed by atoms with Crippen LogP contribution in [-0.2, 0) is 0 Å². The van der Waals surface area contributed by atoms with Gasteiger partial charge in [-0.15, -0.1) is 0 Å². The van der Waals surface area contributed by atoms with Crippen LogP contribution in [0.15, 0.2) is 42.6 Å². The molecule has 0 saturated heterocycles. The lowest BCUT2D eigenvalue weighted by Crippen LogP contribution is -2.12. The SMILES string of the molecule is N#Cc1ccc(C(=O)Nc2ncccc2O)cc1. The van der Waals surface area contributed by atoms with Gasteiger partial charge in [-0.25, -0.2) is 4.98 Å². The van der Waals surface area contributed by atoms with E-state index < -0.39 is 5.91 Å². The Balaban J connectivity index is 2.17. The number of nitrogens with zero attached hydrogens (tertiary/aromatic N) is 2. The maximum atomic E-state index is 11.8. The van der Waals surface area contributed by atoms with E-state index in [1.54, 1.807) is 18.2 Å². The summed E-state index contributed by atoms with van der Waals surface area (Å²) in [5.74, 6) is -0.389. The molecule has 1 amide bonds. The lowest BCUT2D eigenvalue weighted by molar-refractivity contribution is 0.102. The number of anilines is 1. The average molecular weight is 239 g/mol. The van der Waals surface area contributed by atoms with Crippen LogP contribution in [0.1, 0.15) is 15.9 Å². The van der Waals surface area contributed by atoms with Crippen molar-refractivity contribution in [3.05, 3.63) is 53.7 Å². The fourth-order valence-electron chi connectivity index (χ4n) is 1.37. The van der Waals surface area contributed by atoms with Crippen LogP contribution in [0.3, 0.4) is 0 Å². The van der Waals surface area contributed by atoms with Crippen molar-refractivity contribution >= 4 is 11.7 Å². The van der Waals surface area contributed by atoms with Gasteiger partial charge in [-0.1, -0.05) is 0 Å². The molecule has 0 saturated carbocycles. The molecule has 0 atom stereocenters. The Morgan fingerprint density at radius 2 is 2.00 bits per heavy atom. The summed E-state index contributed by atoms with van der Waals surface area (Å²) in [5.41, 5.74) is 0.867. The minimum Gasteiger partial charge on any atom is -0.504 e. The summed E-state index contributed by atoms with van der Waals surface area (Å²) in [7, 11) is 0. The van der Waals surface area contributed by atoms with E-state index in [1.807, 2.05) is 6.07 Å². The summed E-state index contributed by atoms with van der Waals surface area (Å²) >= 11 is 0. The predicted molar refractivity (Wildman–Crippen MR) is 65.0 cm³/mol. The molecule has 2 aromatic rings. The predicted octanol–water partition coefficient (Wildman–Crippen LogP) is 1.91. The van der Waals surface area contributed by atoms with Gasteiger partial charge in [0, 0.05) is 11.8 Å². The Labute approximate surface area is 103 Å². The molecular weight excluding hydrogens is 230 g/mol. The van der Waals surface area contributed by atoms with Crippen LogP contribution in [-0.4, -0.2) is 16.0 Å². The van der Waals surface area contributed by atoms with Gasteiger partial charge >= 0.3 is 0 Å². The number of hydrogen-bond acceptors (Lipinski definition) is 4. The Morgan fingerprint density at radius 1 is 1.28 bits per heavy atom. The fourth-order valence-corrected chi connectivity index (χ4v) is 1.37. The van der Waals surface area contributed by atoms with Crippen molar-refractivity contribution in [1.82, 2.24) is 4.98 Å². The average Bonchev–Trinajstić information content (AvgIpc) is 2.41. The number of rotatable bonds is 2. The summed E-state index contributed by atoms with van der Waals surface area (Å²) in [4.78, 5) is 15.7. The van der Waals surface area contributed by atoms with Gasteiger partial charge in [0.1, 0.15) is 0 Å². The summed E-state index contributed by atoms with van der Waals surface area (Å²) in [6.45, 7) is 0. The number of pyridine rings is 1. The largest absolute Gasteiger partial charge is 0.504 e. The van der Waals surface area contributed by atoms with Crippen molar-refractivity contribution in [2.45, 2.75) is 0 Å². The zero-order chi connectivity index (χ0) is 13.0. The smallest absolute Gasteiger partial charge is 0.256 e. The molecule has 2 rings (SSSR count). The lowest BCUT2D eigenvalue weighted by Gasteiger charge is -2.05. The lowest BCUT2D eigenvalue weighted by atomic mass is 10.1. The van der Waals surface area contributed by atoms with Crippen molar-refractivity contribution in [3.63, 3.8) is 0 Å². The molecule has 1 aromatic carbocycles. The van der Waals surface area contributed by atoms with Gasteiger partial charge in [-0.05, 0) is 36.4 Å². The van der Waals surface area contributed by atoms with E-state index in [-0.39, 0.29) is 11.6 Å². The van der Waals surface area contributed by atoms with Crippen LogP contribution in [0, 0.1) is 11.3 Å². The highest BCUT2D eigenvalue weighted by atomic mass is 16.3. The standard InChI is InChI=1S/C13H9N3O2/c14-8-9-3-5-10(6-4-9)13(18)16-12-11(17)2-1-7-15-12/h1-7,17H,(H,15,16,18). The van der Waals surface area contributed by atoms with Crippen LogP contribution in [0.4, 0.5) is 5.82 Å². The number of hydrogen-bond donors (Lipinski definition) is 2. The molecule has 5 heteroatoms. The highest BCUT2D eigenvalue weighted by molar-refractivity contribution is 6.04. The van der Waals surface area contributed by atoms with Crippen LogP contribution in [0.2, 0.25) is 0 Å².